The van der Waals surface area contributed by atoms with Gasteiger partial charge in [0.25, 0.3) is 0 Å². The van der Waals surface area contributed by atoms with Crippen molar-refractivity contribution in [1.82, 2.24) is 0 Å². The highest BCUT2D eigenvalue weighted by atomic mass is 79.9. The number of benzene rings is 2. The molecular weight excluding hydrogens is 398 g/mol. The van der Waals surface area contributed by atoms with E-state index in [2.05, 4.69) is 43.2 Å². The Bertz CT molecular complexity index is 661. The molecule has 0 spiro atoms. The van der Waals surface area contributed by atoms with Crippen LogP contribution in [0, 0.1) is 0 Å². The largest absolute Gasteiger partial charge is 0.497 e. The summed E-state index contributed by atoms with van der Waals surface area (Å²) in [4.78, 5) is 0. The summed E-state index contributed by atoms with van der Waals surface area (Å²) < 4.78 is 13.1. The number of rotatable bonds is 3. The van der Waals surface area contributed by atoms with E-state index in [1.807, 2.05) is 30.3 Å². The van der Waals surface area contributed by atoms with Gasteiger partial charge in [-0.05, 0) is 52.3 Å². The average Bonchev–Trinajstić information content (AvgIpc) is 2.50. The molecule has 1 heterocycles. The molecule has 0 bridgehead atoms. The molecule has 1 unspecified atom stereocenters. The molecular formula is C16H15Br2NO2. The van der Waals surface area contributed by atoms with Crippen molar-refractivity contribution in [3.63, 3.8) is 0 Å². The van der Waals surface area contributed by atoms with Gasteiger partial charge in [0, 0.05) is 26.6 Å². The lowest BCUT2D eigenvalue weighted by Gasteiger charge is -2.28. The van der Waals surface area contributed by atoms with Gasteiger partial charge in [-0.15, -0.1) is 0 Å². The predicted octanol–water partition coefficient (Wildman–Crippen LogP) is 5.16. The predicted molar refractivity (Wildman–Crippen MR) is 91.3 cm³/mol. The third-order valence-corrected chi connectivity index (χ3v) is 4.67. The summed E-state index contributed by atoms with van der Waals surface area (Å²) in [5, 5.41) is 3.58. The van der Waals surface area contributed by atoms with Gasteiger partial charge in [-0.3, -0.25) is 0 Å². The molecule has 21 heavy (non-hydrogen) atoms. The Labute approximate surface area is 140 Å². The zero-order chi connectivity index (χ0) is 14.8. The highest BCUT2D eigenvalue weighted by molar-refractivity contribution is 9.11. The Kier molecular flexibility index (Phi) is 4.40. The van der Waals surface area contributed by atoms with Crippen molar-refractivity contribution < 1.29 is 9.47 Å². The van der Waals surface area contributed by atoms with Crippen LogP contribution in [-0.2, 0) is 0 Å². The second-order valence-electron chi connectivity index (χ2n) is 4.86. The van der Waals surface area contributed by atoms with Gasteiger partial charge in [0.15, 0.2) is 0 Å². The van der Waals surface area contributed by atoms with E-state index in [1.165, 1.54) is 0 Å². The summed E-state index contributed by atoms with van der Waals surface area (Å²) in [6, 6.07) is 12.3. The van der Waals surface area contributed by atoms with Crippen LogP contribution in [0.15, 0.2) is 45.3 Å². The van der Waals surface area contributed by atoms with Gasteiger partial charge < -0.3 is 14.8 Å². The SMILES string of the molecule is COc1ccc2c(c1)C(Nc1ccc(Br)cc1Br)CCO2. The smallest absolute Gasteiger partial charge is 0.124 e. The van der Waals surface area contributed by atoms with E-state index in [1.54, 1.807) is 7.11 Å². The standard InChI is InChI=1S/C16H15Br2NO2/c1-20-11-3-5-16-12(9-11)14(6-7-21-16)19-15-4-2-10(17)8-13(15)18/h2-5,8-9,14,19H,6-7H2,1H3. The molecule has 1 aliphatic rings. The van der Waals surface area contributed by atoms with Crippen molar-refractivity contribution in [2.75, 3.05) is 19.0 Å². The van der Waals surface area contributed by atoms with E-state index in [4.69, 9.17) is 9.47 Å². The van der Waals surface area contributed by atoms with E-state index in [-0.39, 0.29) is 6.04 Å². The van der Waals surface area contributed by atoms with Gasteiger partial charge in [-0.25, -0.2) is 0 Å². The summed E-state index contributed by atoms with van der Waals surface area (Å²) in [6.07, 6.45) is 0.919. The van der Waals surface area contributed by atoms with Crippen LogP contribution in [0.5, 0.6) is 11.5 Å². The van der Waals surface area contributed by atoms with Gasteiger partial charge in [0.05, 0.1) is 19.8 Å². The second kappa shape index (κ2) is 6.28. The maximum Gasteiger partial charge on any atom is 0.124 e. The summed E-state index contributed by atoms with van der Waals surface area (Å²) in [7, 11) is 1.68. The van der Waals surface area contributed by atoms with Crippen LogP contribution in [0.25, 0.3) is 0 Å². The molecule has 3 rings (SSSR count). The first-order valence-corrected chi connectivity index (χ1v) is 8.28. The first-order chi connectivity index (χ1) is 10.2. The summed E-state index contributed by atoms with van der Waals surface area (Å²) in [5.74, 6) is 1.77. The topological polar surface area (TPSA) is 30.5 Å². The first-order valence-electron chi connectivity index (χ1n) is 6.69. The summed E-state index contributed by atoms with van der Waals surface area (Å²) >= 11 is 7.07. The molecule has 1 atom stereocenters. The number of ether oxygens (including phenoxy) is 2. The molecule has 0 fully saturated rings. The van der Waals surface area contributed by atoms with Crippen molar-refractivity contribution in [2.24, 2.45) is 0 Å². The minimum Gasteiger partial charge on any atom is -0.497 e. The van der Waals surface area contributed by atoms with E-state index < -0.39 is 0 Å². The quantitative estimate of drug-likeness (QED) is 0.755. The van der Waals surface area contributed by atoms with Gasteiger partial charge in [-0.1, -0.05) is 15.9 Å². The minimum absolute atomic E-state index is 0.210. The number of hydrogen-bond donors (Lipinski definition) is 1. The number of fused-ring (bicyclic) bond motifs is 1. The van der Waals surface area contributed by atoms with Crippen molar-refractivity contribution in [3.05, 3.63) is 50.9 Å². The molecule has 110 valence electrons. The number of methoxy groups -OCH3 is 1. The molecule has 0 amide bonds. The molecule has 1 N–H and O–H groups in total. The molecule has 2 aromatic carbocycles. The van der Waals surface area contributed by atoms with Gasteiger partial charge >= 0.3 is 0 Å². The normalized spacial score (nSPS) is 16.8. The van der Waals surface area contributed by atoms with Crippen molar-refractivity contribution >= 4 is 37.5 Å². The maximum atomic E-state index is 5.73. The van der Waals surface area contributed by atoms with E-state index in [9.17, 15) is 0 Å². The third kappa shape index (κ3) is 3.19. The van der Waals surface area contributed by atoms with Crippen LogP contribution in [-0.4, -0.2) is 13.7 Å². The van der Waals surface area contributed by atoms with Crippen LogP contribution in [0.3, 0.4) is 0 Å². The van der Waals surface area contributed by atoms with E-state index in [0.717, 1.165) is 38.1 Å². The van der Waals surface area contributed by atoms with Crippen molar-refractivity contribution in [2.45, 2.75) is 12.5 Å². The minimum atomic E-state index is 0.210. The second-order valence-corrected chi connectivity index (χ2v) is 6.63. The average molecular weight is 413 g/mol. The fourth-order valence-corrected chi connectivity index (χ4v) is 3.61. The Morgan fingerprint density at radius 1 is 1.19 bits per heavy atom. The Morgan fingerprint density at radius 3 is 2.81 bits per heavy atom. The fraction of sp³-hybridized carbons (Fsp3) is 0.250. The molecule has 2 aromatic rings. The Morgan fingerprint density at radius 2 is 2.05 bits per heavy atom. The Balaban J connectivity index is 1.90. The molecule has 0 radical (unpaired) electrons. The van der Waals surface area contributed by atoms with Gasteiger partial charge in [-0.2, -0.15) is 0 Å². The maximum absolute atomic E-state index is 5.73. The lowest BCUT2D eigenvalue weighted by molar-refractivity contribution is 0.273. The molecule has 5 heteroatoms. The van der Waals surface area contributed by atoms with E-state index >= 15 is 0 Å². The fourth-order valence-electron chi connectivity index (χ4n) is 2.44. The highest BCUT2D eigenvalue weighted by Crippen LogP contribution is 2.38. The zero-order valence-electron chi connectivity index (χ0n) is 11.5. The van der Waals surface area contributed by atoms with Crippen molar-refractivity contribution in [1.29, 1.82) is 0 Å². The van der Waals surface area contributed by atoms with Crippen LogP contribution in [0.4, 0.5) is 5.69 Å². The molecule has 0 saturated heterocycles. The monoisotopic (exact) mass is 411 g/mol. The third-order valence-electron chi connectivity index (χ3n) is 3.52. The lowest BCUT2D eigenvalue weighted by Crippen LogP contribution is -2.20. The number of hydrogen-bond acceptors (Lipinski definition) is 3. The number of anilines is 1. The van der Waals surface area contributed by atoms with Crippen molar-refractivity contribution in [3.8, 4) is 11.5 Å². The molecule has 0 saturated carbocycles. The van der Waals surface area contributed by atoms with Gasteiger partial charge in [0.2, 0.25) is 0 Å². The number of halogens is 2. The lowest BCUT2D eigenvalue weighted by atomic mass is 10.00. The van der Waals surface area contributed by atoms with Crippen LogP contribution in [0.1, 0.15) is 18.0 Å². The van der Waals surface area contributed by atoms with E-state index in [0.29, 0.717) is 6.61 Å². The van der Waals surface area contributed by atoms with Gasteiger partial charge in [0.1, 0.15) is 11.5 Å². The first kappa shape index (κ1) is 14.7. The van der Waals surface area contributed by atoms with Crippen LogP contribution >= 0.6 is 31.9 Å². The van der Waals surface area contributed by atoms with Crippen LogP contribution < -0.4 is 14.8 Å². The molecule has 3 nitrogen and oxygen atoms in total. The molecule has 0 aromatic heterocycles. The van der Waals surface area contributed by atoms with Crippen LogP contribution in [0.2, 0.25) is 0 Å². The summed E-state index contributed by atoms with van der Waals surface area (Å²) in [5.41, 5.74) is 2.20. The molecule has 0 aliphatic carbocycles. The highest BCUT2D eigenvalue weighted by Gasteiger charge is 2.22. The zero-order valence-corrected chi connectivity index (χ0v) is 14.7. The summed E-state index contributed by atoms with van der Waals surface area (Å²) in [6.45, 7) is 0.713. The molecule has 1 aliphatic heterocycles. The number of nitrogens with one attached hydrogen (secondary N) is 1. The Hall–Kier alpha value is -1.20.